The van der Waals surface area contributed by atoms with Crippen molar-refractivity contribution < 1.29 is 4.74 Å². The molecule has 1 aromatic carbocycles. The minimum atomic E-state index is 0.465. The number of hydrogen-bond donors (Lipinski definition) is 1. The lowest BCUT2D eigenvalue weighted by molar-refractivity contribution is 0.407. The fourth-order valence-corrected chi connectivity index (χ4v) is 3.41. The van der Waals surface area contributed by atoms with Gasteiger partial charge in [0.15, 0.2) is 0 Å². The van der Waals surface area contributed by atoms with E-state index in [4.69, 9.17) is 4.74 Å². The van der Waals surface area contributed by atoms with E-state index in [-0.39, 0.29) is 0 Å². The van der Waals surface area contributed by atoms with Gasteiger partial charge in [-0.2, -0.15) is 0 Å². The summed E-state index contributed by atoms with van der Waals surface area (Å²) >= 11 is 3.72. The van der Waals surface area contributed by atoms with E-state index in [0.29, 0.717) is 6.04 Å². The third kappa shape index (κ3) is 2.89. The molecule has 1 N–H and O–H groups in total. The van der Waals surface area contributed by atoms with Crippen LogP contribution in [-0.4, -0.2) is 13.7 Å². The van der Waals surface area contributed by atoms with Gasteiger partial charge >= 0.3 is 0 Å². The molecule has 3 heteroatoms. The molecule has 0 aliphatic heterocycles. The van der Waals surface area contributed by atoms with Gasteiger partial charge in [0, 0.05) is 10.5 Å². The first-order chi connectivity index (χ1) is 8.77. The van der Waals surface area contributed by atoms with Crippen molar-refractivity contribution in [3.05, 3.63) is 27.7 Å². The Labute approximate surface area is 118 Å². The molecule has 100 valence electrons. The van der Waals surface area contributed by atoms with Crippen LogP contribution in [0.15, 0.2) is 16.6 Å². The van der Waals surface area contributed by atoms with Gasteiger partial charge in [0.05, 0.1) is 7.11 Å². The Morgan fingerprint density at radius 3 is 2.94 bits per heavy atom. The first-order valence-corrected chi connectivity index (χ1v) is 7.65. The Hall–Kier alpha value is -0.540. The molecule has 2 rings (SSSR count). The molecule has 1 aromatic rings. The largest absolute Gasteiger partial charge is 0.496 e. The predicted octanol–water partition coefficient (Wildman–Crippen LogP) is 4.22. The fourth-order valence-electron chi connectivity index (χ4n) is 2.76. The Balaban J connectivity index is 2.39. The van der Waals surface area contributed by atoms with E-state index in [9.17, 15) is 0 Å². The highest BCUT2D eigenvalue weighted by atomic mass is 79.9. The van der Waals surface area contributed by atoms with Crippen LogP contribution in [0.1, 0.15) is 49.8 Å². The van der Waals surface area contributed by atoms with Crippen molar-refractivity contribution in [2.24, 2.45) is 0 Å². The van der Waals surface area contributed by atoms with Crippen LogP contribution in [0.2, 0.25) is 0 Å². The van der Waals surface area contributed by atoms with Gasteiger partial charge in [-0.1, -0.05) is 29.3 Å². The zero-order chi connectivity index (χ0) is 13.0. The van der Waals surface area contributed by atoms with E-state index in [1.54, 1.807) is 7.11 Å². The van der Waals surface area contributed by atoms with Crippen LogP contribution in [0.3, 0.4) is 0 Å². The molecule has 0 saturated heterocycles. The summed E-state index contributed by atoms with van der Waals surface area (Å²) in [4.78, 5) is 0. The van der Waals surface area contributed by atoms with Crippen LogP contribution >= 0.6 is 15.9 Å². The lowest BCUT2D eigenvalue weighted by Crippen LogP contribution is -2.22. The molecule has 0 spiro atoms. The number of hydrogen-bond acceptors (Lipinski definition) is 2. The van der Waals surface area contributed by atoms with Crippen LogP contribution < -0.4 is 10.1 Å². The van der Waals surface area contributed by atoms with Crippen LogP contribution in [0.5, 0.6) is 5.75 Å². The summed E-state index contributed by atoms with van der Waals surface area (Å²) in [5, 5.41) is 3.67. The number of halogens is 1. The van der Waals surface area contributed by atoms with Crippen LogP contribution in [0.25, 0.3) is 0 Å². The first-order valence-electron chi connectivity index (χ1n) is 6.86. The average Bonchev–Trinajstić information content (AvgIpc) is 2.60. The minimum absolute atomic E-state index is 0.465. The third-order valence-corrected chi connectivity index (χ3v) is 4.33. The molecular weight excluding hydrogens is 290 g/mol. The molecule has 1 aliphatic rings. The molecule has 0 amide bonds. The molecule has 0 aromatic heterocycles. The summed E-state index contributed by atoms with van der Waals surface area (Å²) < 4.78 is 6.74. The van der Waals surface area contributed by atoms with Gasteiger partial charge in [0.25, 0.3) is 0 Å². The molecule has 1 unspecified atom stereocenters. The monoisotopic (exact) mass is 311 g/mol. The predicted molar refractivity (Wildman–Crippen MR) is 79.3 cm³/mol. The smallest absolute Gasteiger partial charge is 0.122 e. The van der Waals surface area contributed by atoms with E-state index in [1.165, 1.54) is 41.3 Å². The van der Waals surface area contributed by atoms with Crippen LogP contribution in [-0.2, 0) is 6.42 Å². The maximum atomic E-state index is 5.53. The van der Waals surface area contributed by atoms with E-state index in [0.717, 1.165) is 18.7 Å². The maximum Gasteiger partial charge on any atom is 0.122 e. The highest BCUT2D eigenvalue weighted by molar-refractivity contribution is 9.10. The average molecular weight is 312 g/mol. The second kappa shape index (κ2) is 6.58. The van der Waals surface area contributed by atoms with Gasteiger partial charge in [-0.15, -0.1) is 0 Å². The van der Waals surface area contributed by atoms with Crippen LogP contribution in [0, 0.1) is 0 Å². The summed E-state index contributed by atoms with van der Waals surface area (Å²) in [6.07, 6.45) is 6.06. The normalized spacial score (nSPS) is 19.2. The summed E-state index contributed by atoms with van der Waals surface area (Å²) in [6, 6.07) is 4.65. The summed E-state index contributed by atoms with van der Waals surface area (Å²) in [6.45, 7) is 3.29. The van der Waals surface area contributed by atoms with Gasteiger partial charge in [0.1, 0.15) is 5.75 Å². The van der Waals surface area contributed by atoms with Gasteiger partial charge in [0.2, 0.25) is 0 Å². The maximum absolute atomic E-state index is 5.53. The van der Waals surface area contributed by atoms with Crippen molar-refractivity contribution in [3.63, 3.8) is 0 Å². The van der Waals surface area contributed by atoms with Gasteiger partial charge < -0.3 is 10.1 Å². The molecule has 0 heterocycles. The quantitative estimate of drug-likeness (QED) is 0.840. The Morgan fingerprint density at radius 2 is 2.22 bits per heavy atom. The van der Waals surface area contributed by atoms with Crippen molar-refractivity contribution in [1.82, 2.24) is 5.32 Å². The second-order valence-corrected chi connectivity index (χ2v) is 5.75. The standard InChI is InChI=1S/C15H22BrNO/c1-3-10-17-13-7-5-4-6-11-14(18-2)9-8-12(16)15(11)13/h8-9,13,17H,3-7,10H2,1-2H3. The Morgan fingerprint density at radius 1 is 1.39 bits per heavy atom. The fraction of sp³-hybridized carbons (Fsp3) is 0.600. The molecule has 2 nitrogen and oxygen atoms in total. The second-order valence-electron chi connectivity index (χ2n) is 4.89. The molecule has 0 fully saturated rings. The topological polar surface area (TPSA) is 21.3 Å². The molecule has 1 aliphatic carbocycles. The van der Waals surface area contributed by atoms with Gasteiger partial charge in [-0.3, -0.25) is 0 Å². The lowest BCUT2D eigenvalue weighted by Gasteiger charge is -2.22. The zero-order valence-corrected chi connectivity index (χ0v) is 12.8. The van der Waals surface area contributed by atoms with Gasteiger partial charge in [-0.05, 0) is 55.5 Å². The molecule has 18 heavy (non-hydrogen) atoms. The molecule has 0 radical (unpaired) electrons. The third-order valence-electron chi connectivity index (χ3n) is 3.64. The summed E-state index contributed by atoms with van der Waals surface area (Å²) in [5.41, 5.74) is 2.80. The SMILES string of the molecule is CCCNC1CCCCc2c(OC)ccc(Br)c21. The lowest BCUT2D eigenvalue weighted by atomic mass is 9.98. The Bertz CT molecular complexity index is 406. The number of benzene rings is 1. The van der Waals surface area contributed by atoms with Crippen molar-refractivity contribution in [2.75, 3.05) is 13.7 Å². The molecule has 0 bridgehead atoms. The van der Waals surface area contributed by atoms with Gasteiger partial charge in [-0.25, -0.2) is 0 Å². The summed E-state index contributed by atoms with van der Waals surface area (Å²) in [5.74, 6) is 1.04. The van der Waals surface area contributed by atoms with Crippen molar-refractivity contribution in [2.45, 2.75) is 45.1 Å². The van der Waals surface area contributed by atoms with Crippen molar-refractivity contribution in [1.29, 1.82) is 0 Å². The zero-order valence-electron chi connectivity index (χ0n) is 11.3. The molecule has 1 atom stereocenters. The Kier molecular flexibility index (Phi) is 5.07. The number of rotatable bonds is 4. The van der Waals surface area contributed by atoms with Crippen molar-refractivity contribution in [3.8, 4) is 5.75 Å². The molecular formula is C15H22BrNO. The first kappa shape index (κ1) is 13.9. The highest BCUT2D eigenvalue weighted by Gasteiger charge is 2.23. The van der Waals surface area contributed by atoms with E-state index >= 15 is 0 Å². The van der Waals surface area contributed by atoms with E-state index in [1.807, 2.05) is 0 Å². The number of nitrogens with one attached hydrogen (secondary N) is 1. The minimum Gasteiger partial charge on any atom is -0.496 e. The van der Waals surface area contributed by atoms with Crippen LogP contribution in [0.4, 0.5) is 0 Å². The summed E-state index contributed by atoms with van der Waals surface area (Å²) in [7, 11) is 1.77. The highest BCUT2D eigenvalue weighted by Crippen LogP contribution is 2.38. The number of ether oxygens (including phenoxy) is 1. The number of methoxy groups -OCH3 is 1. The number of fused-ring (bicyclic) bond motifs is 1. The van der Waals surface area contributed by atoms with E-state index < -0.39 is 0 Å². The van der Waals surface area contributed by atoms with E-state index in [2.05, 4.69) is 40.3 Å². The molecule has 0 saturated carbocycles. The van der Waals surface area contributed by atoms with Crippen molar-refractivity contribution >= 4 is 15.9 Å².